The van der Waals surface area contributed by atoms with Gasteiger partial charge >= 0.3 is 0 Å². The molecule has 8 heteroatoms. The molecule has 0 unspecified atom stereocenters. The largest absolute Gasteiger partial charge is 0.497 e. The van der Waals surface area contributed by atoms with Crippen LogP contribution in [0.25, 0.3) is 10.2 Å². The summed E-state index contributed by atoms with van der Waals surface area (Å²) < 4.78 is 7.63. The van der Waals surface area contributed by atoms with Crippen molar-refractivity contribution in [3.8, 4) is 5.75 Å². The first kappa shape index (κ1) is 23.1. The van der Waals surface area contributed by atoms with Crippen LogP contribution in [0.3, 0.4) is 0 Å². The molecule has 7 nitrogen and oxygen atoms in total. The average Bonchev–Trinajstić information content (AvgIpc) is 3.36. The third-order valence-corrected chi connectivity index (χ3v) is 7.40. The molecule has 1 N–H and O–H groups in total. The van der Waals surface area contributed by atoms with Gasteiger partial charge in [0.15, 0.2) is 0 Å². The first-order chi connectivity index (χ1) is 17.0. The van der Waals surface area contributed by atoms with Gasteiger partial charge in [0.2, 0.25) is 11.9 Å². The number of ether oxygens (including phenoxy) is 1. The van der Waals surface area contributed by atoms with Crippen LogP contribution < -0.4 is 20.5 Å². The molecule has 0 atom stereocenters. The van der Waals surface area contributed by atoms with E-state index in [-0.39, 0.29) is 17.4 Å². The van der Waals surface area contributed by atoms with E-state index in [1.807, 2.05) is 35.7 Å². The maximum absolute atomic E-state index is 13.4. The number of amides is 1. The highest BCUT2D eigenvalue weighted by molar-refractivity contribution is 7.17. The first-order valence-corrected chi connectivity index (χ1v) is 12.6. The number of aryl methyl sites for hydroxylation is 1. The summed E-state index contributed by atoms with van der Waals surface area (Å²) in [6.45, 7) is 3.84. The molecule has 0 bridgehead atoms. The van der Waals surface area contributed by atoms with Crippen LogP contribution in [-0.4, -0.2) is 35.7 Å². The number of rotatable bonds is 6. The maximum Gasteiger partial charge on any atom is 0.273 e. The van der Waals surface area contributed by atoms with E-state index < -0.39 is 0 Å². The van der Waals surface area contributed by atoms with Crippen molar-refractivity contribution in [1.29, 1.82) is 0 Å². The lowest BCUT2D eigenvalue weighted by atomic mass is 9.96. The zero-order valence-corrected chi connectivity index (χ0v) is 20.7. The van der Waals surface area contributed by atoms with Crippen molar-refractivity contribution in [3.05, 3.63) is 81.5 Å². The van der Waals surface area contributed by atoms with Gasteiger partial charge in [0.05, 0.1) is 19.2 Å². The van der Waals surface area contributed by atoms with Gasteiger partial charge in [0.25, 0.3) is 5.56 Å². The number of nitrogens with one attached hydrogen (secondary N) is 1. The van der Waals surface area contributed by atoms with Crippen LogP contribution in [0.2, 0.25) is 0 Å². The number of anilines is 2. The number of carbonyl (C=O) groups is 1. The predicted octanol–water partition coefficient (Wildman–Crippen LogP) is 4.68. The number of hydrogen-bond acceptors (Lipinski definition) is 6. The van der Waals surface area contributed by atoms with Gasteiger partial charge in [0.1, 0.15) is 10.4 Å². The number of fused-ring (bicyclic) bond motifs is 1. The molecular formula is C27H28N4O3S. The highest BCUT2D eigenvalue weighted by atomic mass is 32.1. The number of nitrogens with zero attached hydrogens (tertiary/aromatic N) is 3. The molecule has 3 heterocycles. The van der Waals surface area contributed by atoms with Crippen molar-refractivity contribution in [3.63, 3.8) is 0 Å². The number of aromatic nitrogens is 2. The smallest absolute Gasteiger partial charge is 0.273 e. The summed E-state index contributed by atoms with van der Waals surface area (Å²) >= 11 is 1.43. The predicted molar refractivity (Wildman–Crippen MR) is 141 cm³/mol. The Morgan fingerprint density at radius 2 is 1.80 bits per heavy atom. The van der Waals surface area contributed by atoms with Crippen LogP contribution >= 0.6 is 11.3 Å². The van der Waals surface area contributed by atoms with Crippen LogP contribution in [0.5, 0.6) is 5.75 Å². The van der Waals surface area contributed by atoms with Gasteiger partial charge in [-0.05, 0) is 61.0 Å². The second kappa shape index (κ2) is 9.92. The van der Waals surface area contributed by atoms with Crippen LogP contribution in [0.15, 0.2) is 64.8 Å². The number of methoxy groups -OCH3 is 1. The standard InChI is InChI=1S/C27H28N4O3S/c1-18-3-5-19(6-4-18)17-31-26(33)24-23(13-16-35-24)29-27(31)30-14-11-20(12-15-30)25(32)28-21-7-9-22(34-2)10-8-21/h3-10,13,16,20H,11-12,14-15,17H2,1-2H3,(H,28,32). The van der Waals surface area contributed by atoms with E-state index in [4.69, 9.17) is 9.72 Å². The lowest BCUT2D eigenvalue weighted by Gasteiger charge is -2.33. The Bertz CT molecular complexity index is 1380. The lowest BCUT2D eigenvalue weighted by molar-refractivity contribution is -0.120. The first-order valence-electron chi connectivity index (χ1n) is 11.8. The lowest BCUT2D eigenvalue weighted by Crippen LogP contribution is -2.41. The van der Waals surface area contributed by atoms with E-state index in [0.717, 1.165) is 22.5 Å². The second-order valence-corrected chi connectivity index (χ2v) is 9.82. The summed E-state index contributed by atoms with van der Waals surface area (Å²) in [5, 5.41) is 4.92. The molecule has 2 aromatic heterocycles. The SMILES string of the molecule is COc1ccc(NC(=O)C2CCN(c3nc4ccsc4c(=O)n3Cc3ccc(C)cc3)CC2)cc1. The highest BCUT2D eigenvalue weighted by Crippen LogP contribution is 2.26. The fourth-order valence-corrected chi connectivity index (χ4v) is 5.23. The second-order valence-electron chi connectivity index (χ2n) is 8.90. The monoisotopic (exact) mass is 488 g/mol. The quantitative estimate of drug-likeness (QED) is 0.427. The third-order valence-electron chi connectivity index (χ3n) is 6.51. The number of thiophene rings is 1. The van der Waals surface area contributed by atoms with Gasteiger partial charge in [-0.1, -0.05) is 29.8 Å². The molecule has 1 amide bonds. The summed E-state index contributed by atoms with van der Waals surface area (Å²) in [6, 6.07) is 17.5. The molecule has 4 aromatic rings. The molecule has 0 saturated carbocycles. The molecular weight excluding hydrogens is 460 g/mol. The van der Waals surface area contributed by atoms with Gasteiger partial charge in [0, 0.05) is 24.7 Å². The third kappa shape index (κ3) is 4.93. The van der Waals surface area contributed by atoms with Crippen LogP contribution in [-0.2, 0) is 11.3 Å². The summed E-state index contributed by atoms with van der Waals surface area (Å²) in [7, 11) is 1.62. The van der Waals surface area contributed by atoms with Gasteiger partial charge < -0.3 is 15.0 Å². The van der Waals surface area contributed by atoms with E-state index in [1.54, 1.807) is 11.7 Å². The molecule has 180 valence electrons. The summed E-state index contributed by atoms with van der Waals surface area (Å²) in [5.74, 6) is 1.36. The number of hydrogen-bond donors (Lipinski definition) is 1. The molecule has 1 aliphatic heterocycles. The fourth-order valence-electron chi connectivity index (χ4n) is 4.45. The van der Waals surface area contributed by atoms with E-state index >= 15 is 0 Å². The zero-order chi connectivity index (χ0) is 24.4. The van der Waals surface area contributed by atoms with Crippen molar-refractivity contribution in [2.24, 2.45) is 5.92 Å². The molecule has 5 rings (SSSR count). The Balaban J connectivity index is 1.33. The Morgan fingerprint density at radius 3 is 2.49 bits per heavy atom. The van der Waals surface area contributed by atoms with Gasteiger partial charge in [-0.15, -0.1) is 11.3 Å². The molecule has 35 heavy (non-hydrogen) atoms. The van der Waals surface area contributed by atoms with Crippen LogP contribution in [0.1, 0.15) is 24.0 Å². The number of piperidine rings is 1. The number of benzene rings is 2. The fraction of sp³-hybridized carbons (Fsp3) is 0.296. The van der Waals surface area contributed by atoms with Crippen molar-refractivity contribution >= 4 is 39.1 Å². The van der Waals surface area contributed by atoms with E-state index in [2.05, 4.69) is 41.4 Å². The normalized spacial score (nSPS) is 14.3. The molecule has 1 aliphatic rings. The zero-order valence-electron chi connectivity index (χ0n) is 19.9. The van der Waals surface area contributed by atoms with E-state index in [0.29, 0.717) is 43.1 Å². The minimum atomic E-state index is -0.0875. The Labute approximate surface area is 208 Å². The van der Waals surface area contributed by atoms with Crippen molar-refractivity contribution < 1.29 is 9.53 Å². The molecule has 0 radical (unpaired) electrons. The minimum Gasteiger partial charge on any atom is -0.497 e. The van der Waals surface area contributed by atoms with Crippen molar-refractivity contribution in [1.82, 2.24) is 9.55 Å². The van der Waals surface area contributed by atoms with Crippen LogP contribution in [0.4, 0.5) is 11.6 Å². The summed E-state index contributed by atoms with van der Waals surface area (Å²) in [4.78, 5) is 33.3. The number of carbonyl (C=O) groups excluding carboxylic acids is 1. The highest BCUT2D eigenvalue weighted by Gasteiger charge is 2.28. The molecule has 0 spiro atoms. The van der Waals surface area contributed by atoms with E-state index in [1.165, 1.54) is 16.9 Å². The van der Waals surface area contributed by atoms with Crippen molar-refractivity contribution in [2.75, 3.05) is 30.4 Å². The van der Waals surface area contributed by atoms with Gasteiger partial charge in [-0.3, -0.25) is 14.2 Å². The summed E-state index contributed by atoms with van der Waals surface area (Å²) in [5.41, 5.74) is 3.72. The Kier molecular flexibility index (Phi) is 6.55. The molecule has 1 saturated heterocycles. The van der Waals surface area contributed by atoms with E-state index in [9.17, 15) is 9.59 Å². The van der Waals surface area contributed by atoms with Gasteiger partial charge in [-0.2, -0.15) is 0 Å². The topological polar surface area (TPSA) is 76.5 Å². The molecule has 2 aromatic carbocycles. The molecule has 1 fully saturated rings. The van der Waals surface area contributed by atoms with Gasteiger partial charge in [-0.25, -0.2) is 4.98 Å². The Hall–Kier alpha value is -3.65. The minimum absolute atomic E-state index is 0.0139. The molecule has 0 aliphatic carbocycles. The maximum atomic E-state index is 13.4. The van der Waals surface area contributed by atoms with Crippen molar-refractivity contribution in [2.45, 2.75) is 26.3 Å². The average molecular weight is 489 g/mol. The Morgan fingerprint density at radius 1 is 1.09 bits per heavy atom. The summed E-state index contributed by atoms with van der Waals surface area (Å²) in [6.07, 6.45) is 1.40. The van der Waals surface area contributed by atoms with Crippen LogP contribution in [0, 0.1) is 12.8 Å².